The molecule has 0 amide bonds. The molecule has 3 rings (SSSR count). The number of nitrogen functional groups attached to an aromatic ring is 1. The number of amidine groups is 1. The largest absolute Gasteiger partial charge is 0.383 e. The molecule has 35 heavy (non-hydrogen) atoms. The first-order valence-electron chi connectivity index (χ1n) is 11.1. The monoisotopic (exact) mass is 529 g/mol. The van der Waals surface area contributed by atoms with Crippen molar-refractivity contribution in [3.63, 3.8) is 0 Å². The van der Waals surface area contributed by atoms with Crippen LogP contribution in [0.4, 0.5) is 5.69 Å². The highest BCUT2D eigenvalue weighted by molar-refractivity contribution is 8.01. The van der Waals surface area contributed by atoms with Crippen LogP contribution in [0.2, 0.25) is 0 Å². The number of benzene rings is 2. The number of thioether (sulfide) groups is 1. The smallest absolute Gasteiger partial charge is 0.208 e. The number of nitrogens with two attached hydrogens (primary N) is 1. The van der Waals surface area contributed by atoms with E-state index in [0.717, 1.165) is 35.3 Å². The third-order valence-corrected chi connectivity index (χ3v) is 9.72. The van der Waals surface area contributed by atoms with Gasteiger partial charge in [-0.05, 0) is 72.5 Å². The van der Waals surface area contributed by atoms with Crippen molar-refractivity contribution < 1.29 is 8.42 Å². The number of aryl methyl sites for hydroxylation is 1. The molecule has 10 heteroatoms. The van der Waals surface area contributed by atoms with Crippen LogP contribution in [0.25, 0.3) is 11.1 Å². The van der Waals surface area contributed by atoms with E-state index in [0.29, 0.717) is 15.0 Å². The summed E-state index contributed by atoms with van der Waals surface area (Å²) in [6.07, 6.45) is 2.80. The summed E-state index contributed by atoms with van der Waals surface area (Å²) >= 11 is 2.54. The maximum atomic E-state index is 13.5. The number of thiophene rings is 1. The van der Waals surface area contributed by atoms with Crippen molar-refractivity contribution in [3.8, 4) is 11.1 Å². The van der Waals surface area contributed by atoms with Crippen molar-refractivity contribution in [2.75, 3.05) is 18.1 Å². The summed E-state index contributed by atoms with van der Waals surface area (Å²) < 4.78 is 27.5. The second-order valence-corrected chi connectivity index (χ2v) is 12.6. The Kier molecular flexibility index (Phi) is 8.63. The predicted octanol–water partition coefficient (Wildman–Crippen LogP) is 5.54. The van der Waals surface area contributed by atoms with Crippen molar-refractivity contribution in [1.82, 2.24) is 5.32 Å². The Labute approximate surface area is 215 Å². The fraction of sp³-hybridized carbons (Fsp3) is 0.280. The third-order valence-electron chi connectivity index (χ3n) is 5.38. The van der Waals surface area contributed by atoms with Gasteiger partial charge in [0.25, 0.3) is 0 Å². The van der Waals surface area contributed by atoms with E-state index in [4.69, 9.17) is 16.6 Å². The van der Waals surface area contributed by atoms with Gasteiger partial charge in [0, 0.05) is 12.2 Å². The number of hydrogen-bond acceptors (Lipinski definition) is 6. The molecule has 0 saturated heterocycles. The van der Waals surface area contributed by atoms with Crippen LogP contribution in [-0.4, -0.2) is 33.0 Å². The summed E-state index contributed by atoms with van der Waals surface area (Å²) in [5.41, 5.74) is 9.03. The quantitative estimate of drug-likeness (QED) is 0.140. The molecule has 0 saturated carbocycles. The van der Waals surface area contributed by atoms with Gasteiger partial charge in [-0.15, -0.1) is 23.1 Å². The number of hydrogen-bond donors (Lipinski definition) is 5. The number of sulfone groups is 1. The molecular formula is C25H31N5O2S3. The van der Waals surface area contributed by atoms with E-state index in [2.05, 4.69) is 24.5 Å². The van der Waals surface area contributed by atoms with Gasteiger partial charge in [0.2, 0.25) is 9.84 Å². The van der Waals surface area contributed by atoms with Crippen LogP contribution in [0.5, 0.6) is 0 Å². The van der Waals surface area contributed by atoms with Gasteiger partial charge < -0.3 is 16.4 Å². The Morgan fingerprint density at radius 3 is 2.51 bits per heavy atom. The van der Waals surface area contributed by atoms with E-state index in [1.807, 2.05) is 37.4 Å². The zero-order valence-corrected chi connectivity index (χ0v) is 22.7. The highest BCUT2D eigenvalue weighted by atomic mass is 32.2. The zero-order chi connectivity index (χ0) is 25.8. The first kappa shape index (κ1) is 26.8. The first-order valence-corrected chi connectivity index (χ1v) is 14.6. The van der Waals surface area contributed by atoms with Gasteiger partial charge in [-0.25, -0.2) is 8.42 Å². The molecule has 0 aliphatic rings. The van der Waals surface area contributed by atoms with Crippen LogP contribution in [0, 0.1) is 23.7 Å². The number of guanidine groups is 1. The minimum atomic E-state index is -3.79. The van der Waals surface area contributed by atoms with Crippen LogP contribution in [0.15, 0.2) is 62.5 Å². The Morgan fingerprint density at radius 2 is 1.89 bits per heavy atom. The van der Waals surface area contributed by atoms with Crippen molar-refractivity contribution in [2.24, 2.45) is 11.7 Å². The van der Waals surface area contributed by atoms with Crippen molar-refractivity contribution in [1.29, 1.82) is 10.8 Å². The lowest BCUT2D eigenvalue weighted by atomic mass is 10.00. The zero-order valence-electron chi connectivity index (χ0n) is 20.2. The molecule has 3 aromatic rings. The number of rotatable bonds is 9. The summed E-state index contributed by atoms with van der Waals surface area (Å²) in [5.74, 6) is 0.670. The normalized spacial score (nSPS) is 11.5. The van der Waals surface area contributed by atoms with E-state index in [1.165, 1.54) is 29.2 Å². The molecule has 0 unspecified atom stereocenters. The van der Waals surface area contributed by atoms with Gasteiger partial charge >= 0.3 is 0 Å². The van der Waals surface area contributed by atoms with Gasteiger partial charge in [-0.1, -0.05) is 32.0 Å². The molecule has 0 aliphatic carbocycles. The Hall–Kier alpha value is -2.82. The Balaban J connectivity index is 1.86. The van der Waals surface area contributed by atoms with Gasteiger partial charge in [0.05, 0.1) is 18.9 Å². The summed E-state index contributed by atoms with van der Waals surface area (Å²) in [4.78, 5) is 0.806. The fourth-order valence-electron chi connectivity index (χ4n) is 3.52. The van der Waals surface area contributed by atoms with Crippen LogP contribution >= 0.6 is 23.1 Å². The minimum Gasteiger partial charge on any atom is -0.383 e. The summed E-state index contributed by atoms with van der Waals surface area (Å²) in [6, 6.07) is 14.1. The molecule has 0 aliphatic heterocycles. The van der Waals surface area contributed by atoms with Crippen LogP contribution in [0.1, 0.15) is 30.7 Å². The summed E-state index contributed by atoms with van der Waals surface area (Å²) in [7, 11) is -3.79. The second-order valence-electron chi connectivity index (χ2n) is 8.55. The van der Waals surface area contributed by atoms with Crippen molar-refractivity contribution in [3.05, 3.63) is 59.0 Å². The first-order chi connectivity index (χ1) is 16.5. The highest BCUT2D eigenvalue weighted by Gasteiger charge is 2.25. The molecule has 1 heterocycles. The van der Waals surface area contributed by atoms with Crippen LogP contribution in [-0.2, 0) is 9.84 Å². The van der Waals surface area contributed by atoms with E-state index in [1.54, 1.807) is 18.2 Å². The van der Waals surface area contributed by atoms with Gasteiger partial charge in [-0.3, -0.25) is 10.8 Å². The molecular weight excluding hydrogens is 499 g/mol. The molecule has 6 N–H and O–H groups in total. The topological polar surface area (TPSA) is 132 Å². The average molecular weight is 530 g/mol. The lowest BCUT2D eigenvalue weighted by molar-refractivity contribution is 0.577. The Morgan fingerprint density at radius 1 is 1.14 bits per heavy atom. The lowest BCUT2D eigenvalue weighted by Crippen LogP contribution is -2.30. The molecule has 0 fully saturated rings. The molecule has 0 bridgehead atoms. The van der Waals surface area contributed by atoms with Crippen LogP contribution in [0.3, 0.4) is 0 Å². The summed E-state index contributed by atoms with van der Waals surface area (Å²) in [6.45, 7) is 6.98. The molecule has 0 spiro atoms. The Bertz CT molecular complexity index is 1350. The maximum absolute atomic E-state index is 13.5. The molecule has 1 aromatic heterocycles. The van der Waals surface area contributed by atoms with Gasteiger partial charge in [0.1, 0.15) is 5.84 Å². The maximum Gasteiger partial charge on any atom is 0.208 e. The number of anilines is 1. The predicted molar refractivity (Wildman–Crippen MR) is 148 cm³/mol. The van der Waals surface area contributed by atoms with E-state index in [9.17, 15) is 8.42 Å². The lowest BCUT2D eigenvalue weighted by Gasteiger charge is -2.14. The van der Waals surface area contributed by atoms with E-state index >= 15 is 0 Å². The SMILES string of the molecule is CSc1sc(C(=N)N)cc1S(=O)(=O)c1cccc(-c2ccc(NC(=N)NCCC(C)C)cc2C)c1. The van der Waals surface area contributed by atoms with Crippen molar-refractivity contribution >= 4 is 50.4 Å². The molecule has 0 atom stereocenters. The molecule has 7 nitrogen and oxygen atoms in total. The van der Waals surface area contributed by atoms with Gasteiger partial charge in [-0.2, -0.15) is 0 Å². The van der Waals surface area contributed by atoms with Gasteiger partial charge in [0.15, 0.2) is 5.96 Å². The second kappa shape index (κ2) is 11.3. The summed E-state index contributed by atoms with van der Waals surface area (Å²) in [5, 5.41) is 21.9. The minimum absolute atomic E-state index is 0.145. The standard InChI is InChI=1S/C25H31N5O2S3/c1-15(2)10-11-29-25(28)30-18-8-9-20(16(3)12-18)17-6-5-7-19(13-17)35(31,32)22-14-21(23(26)27)34-24(22)33-4/h5-9,12-15H,10-11H2,1-4H3,(H3,26,27)(H3,28,29,30). The van der Waals surface area contributed by atoms with E-state index in [-0.39, 0.29) is 21.6 Å². The molecule has 2 aromatic carbocycles. The van der Waals surface area contributed by atoms with E-state index < -0.39 is 9.84 Å². The number of nitrogens with one attached hydrogen (secondary N) is 4. The average Bonchev–Trinajstić information content (AvgIpc) is 3.25. The van der Waals surface area contributed by atoms with Crippen molar-refractivity contribution in [2.45, 2.75) is 41.2 Å². The molecule has 186 valence electrons. The molecule has 0 radical (unpaired) electrons. The fourth-order valence-corrected chi connectivity index (χ4v) is 7.42. The third kappa shape index (κ3) is 6.45. The van der Waals surface area contributed by atoms with Crippen LogP contribution < -0.4 is 16.4 Å². The highest BCUT2D eigenvalue weighted by Crippen LogP contribution is 2.38.